The van der Waals surface area contributed by atoms with Crippen molar-refractivity contribution in [1.29, 1.82) is 0 Å². The van der Waals surface area contributed by atoms with Crippen molar-refractivity contribution >= 4 is 33.4 Å². The summed E-state index contributed by atoms with van der Waals surface area (Å²) in [4.78, 5) is 40.2. The third kappa shape index (κ3) is 3.95. The van der Waals surface area contributed by atoms with Crippen molar-refractivity contribution in [2.24, 2.45) is 7.05 Å². The average Bonchev–Trinajstić information content (AvgIpc) is 3.16. The molecule has 1 aliphatic heterocycles. The Morgan fingerprint density at radius 2 is 1.60 bits per heavy atom. The van der Waals surface area contributed by atoms with Crippen molar-refractivity contribution in [1.82, 2.24) is 14.4 Å². The smallest absolute Gasteiger partial charge is 0.306 e. The zero-order chi connectivity index (χ0) is 21.3. The minimum atomic E-state index is -0.183. The van der Waals surface area contributed by atoms with E-state index in [4.69, 9.17) is 0 Å². The fraction of sp³-hybridized carbons (Fsp3) is 0.348. The largest absolute Gasteiger partial charge is 0.307 e. The lowest BCUT2D eigenvalue weighted by Crippen LogP contribution is -2.33. The number of aromatic nitrogens is 1. The lowest BCUT2D eigenvalue weighted by atomic mass is 10.1. The number of hydrogen-bond acceptors (Lipinski definition) is 5. The third-order valence-electron chi connectivity index (χ3n) is 5.66. The topological polar surface area (TPSA) is 62.6 Å². The van der Waals surface area contributed by atoms with Gasteiger partial charge in [-0.1, -0.05) is 29.5 Å². The molecule has 2 amide bonds. The maximum atomic E-state index is 12.4. The fourth-order valence-electron chi connectivity index (χ4n) is 3.94. The van der Waals surface area contributed by atoms with Gasteiger partial charge in [-0.05, 0) is 69.2 Å². The summed E-state index contributed by atoms with van der Waals surface area (Å²) in [6.45, 7) is 2.21. The van der Waals surface area contributed by atoms with Crippen molar-refractivity contribution in [3.05, 3.63) is 68.8 Å². The standard InChI is InChI=1S/C23H25N3O3S/c1-24(12-5-7-16-10-11-19-20(15-16)30-23(29)25(19)2)13-6-14-26-21(27)17-8-3-4-9-18(17)22(26)28/h3-4,8-11,15H,5-7,12-14H2,1-2H3. The Bertz CT molecular complexity index is 1130. The highest BCUT2D eigenvalue weighted by molar-refractivity contribution is 7.16. The van der Waals surface area contributed by atoms with Crippen molar-refractivity contribution < 1.29 is 9.59 Å². The number of imide groups is 1. The molecule has 6 nitrogen and oxygen atoms in total. The van der Waals surface area contributed by atoms with Gasteiger partial charge in [-0.25, -0.2) is 0 Å². The van der Waals surface area contributed by atoms with E-state index in [-0.39, 0.29) is 16.7 Å². The van der Waals surface area contributed by atoms with Gasteiger partial charge >= 0.3 is 4.87 Å². The van der Waals surface area contributed by atoms with Gasteiger partial charge in [-0.2, -0.15) is 0 Å². The fourth-order valence-corrected chi connectivity index (χ4v) is 4.88. The molecule has 0 fully saturated rings. The number of rotatable bonds is 8. The van der Waals surface area contributed by atoms with E-state index in [1.807, 2.05) is 6.07 Å². The maximum Gasteiger partial charge on any atom is 0.307 e. The number of aryl methyl sites for hydroxylation is 2. The van der Waals surface area contributed by atoms with Crippen molar-refractivity contribution in [2.75, 3.05) is 26.7 Å². The van der Waals surface area contributed by atoms with Crippen LogP contribution >= 0.6 is 11.3 Å². The second-order valence-electron chi connectivity index (χ2n) is 7.80. The number of amides is 2. The number of benzene rings is 2. The molecule has 0 N–H and O–H groups in total. The number of nitrogens with zero attached hydrogens (tertiary/aromatic N) is 3. The molecule has 1 aliphatic rings. The second kappa shape index (κ2) is 8.53. The highest BCUT2D eigenvalue weighted by Gasteiger charge is 2.34. The predicted octanol–water partition coefficient (Wildman–Crippen LogP) is 3.15. The van der Waals surface area contributed by atoms with Gasteiger partial charge in [0.15, 0.2) is 0 Å². The van der Waals surface area contributed by atoms with Crippen molar-refractivity contribution in [2.45, 2.75) is 19.3 Å². The molecule has 2 aromatic carbocycles. The molecule has 156 valence electrons. The Labute approximate surface area is 179 Å². The van der Waals surface area contributed by atoms with Gasteiger partial charge in [-0.15, -0.1) is 0 Å². The van der Waals surface area contributed by atoms with Crippen LogP contribution in [0.4, 0.5) is 0 Å². The van der Waals surface area contributed by atoms with E-state index in [0.717, 1.165) is 42.6 Å². The summed E-state index contributed by atoms with van der Waals surface area (Å²) in [7, 11) is 3.87. The summed E-state index contributed by atoms with van der Waals surface area (Å²) >= 11 is 1.29. The molecule has 0 spiro atoms. The van der Waals surface area contributed by atoms with Crippen LogP contribution in [0.25, 0.3) is 10.2 Å². The van der Waals surface area contributed by atoms with Gasteiger partial charge in [0, 0.05) is 13.6 Å². The normalized spacial score (nSPS) is 13.6. The zero-order valence-corrected chi connectivity index (χ0v) is 18.1. The van der Waals surface area contributed by atoms with Crippen molar-refractivity contribution in [3.63, 3.8) is 0 Å². The lowest BCUT2D eigenvalue weighted by Gasteiger charge is -2.19. The summed E-state index contributed by atoms with van der Waals surface area (Å²) in [5.41, 5.74) is 3.25. The van der Waals surface area contributed by atoms with Crippen LogP contribution in [0.1, 0.15) is 39.1 Å². The summed E-state index contributed by atoms with van der Waals surface area (Å²) in [6.07, 6.45) is 2.72. The first kappa shape index (κ1) is 20.5. The van der Waals surface area contributed by atoms with Crippen LogP contribution in [0.3, 0.4) is 0 Å². The first-order valence-corrected chi connectivity index (χ1v) is 11.0. The number of thiazole rings is 1. The van der Waals surface area contributed by atoms with Gasteiger partial charge in [0.1, 0.15) is 0 Å². The van der Waals surface area contributed by atoms with Gasteiger partial charge in [0.25, 0.3) is 11.8 Å². The second-order valence-corrected chi connectivity index (χ2v) is 8.79. The van der Waals surface area contributed by atoms with E-state index >= 15 is 0 Å². The minimum Gasteiger partial charge on any atom is -0.306 e. The Balaban J connectivity index is 1.22. The quantitative estimate of drug-likeness (QED) is 0.522. The average molecular weight is 424 g/mol. The molecule has 2 heterocycles. The highest BCUT2D eigenvalue weighted by Crippen LogP contribution is 2.22. The molecular weight excluding hydrogens is 398 g/mol. The minimum absolute atomic E-state index is 0.0694. The summed E-state index contributed by atoms with van der Waals surface area (Å²) < 4.78 is 2.72. The third-order valence-corrected chi connectivity index (χ3v) is 6.66. The molecule has 30 heavy (non-hydrogen) atoms. The molecule has 0 atom stereocenters. The molecule has 0 radical (unpaired) electrons. The molecule has 0 saturated heterocycles. The Hall–Kier alpha value is -2.77. The van der Waals surface area contributed by atoms with Crippen LogP contribution in [0, 0.1) is 0 Å². The monoisotopic (exact) mass is 423 g/mol. The molecule has 0 unspecified atom stereocenters. The number of fused-ring (bicyclic) bond motifs is 2. The highest BCUT2D eigenvalue weighted by atomic mass is 32.1. The molecule has 3 aromatic rings. The van der Waals surface area contributed by atoms with E-state index in [1.54, 1.807) is 35.9 Å². The van der Waals surface area contributed by atoms with Gasteiger partial charge in [0.2, 0.25) is 0 Å². The van der Waals surface area contributed by atoms with Crippen LogP contribution < -0.4 is 4.87 Å². The zero-order valence-electron chi connectivity index (χ0n) is 17.3. The molecule has 4 rings (SSSR count). The van der Waals surface area contributed by atoms with Crippen molar-refractivity contribution in [3.8, 4) is 0 Å². The van der Waals surface area contributed by atoms with Gasteiger partial charge in [-0.3, -0.25) is 19.3 Å². The number of hydrogen-bond donors (Lipinski definition) is 0. The molecule has 1 aromatic heterocycles. The molecule has 0 saturated carbocycles. The Morgan fingerprint density at radius 1 is 0.933 bits per heavy atom. The summed E-state index contributed by atoms with van der Waals surface area (Å²) in [5, 5.41) is 0. The first-order valence-electron chi connectivity index (χ1n) is 10.2. The Morgan fingerprint density at radius 3 is 2.30 bits per heavy atom. The van der Waals surface area contributed by atoms with Crippen LogP contribution in [0.5, 0.6) is 0 Å². The SMILES string of the molecule is CN(CCCc1ccc2c(c1)sc(=O)n2C)CCCN1C(=O)c2ccccc2C1=O. The first-order chi connectivity index (χ1) is 14.5. The van der Waals surface area contributed by atoms with Crippen LogP contribution in [0.15, 0.2) is 47.3 Å². The van der Waals surface area contributed by atoms with E-state index in [2.05, 4.69) is 24.1 Å². The summed E-state index contributed by atoms with van der Waals surface area (Å²) in [5.74, 6) is -0.367. The summed E-state index contributed by atoms with van der Waals surface area (Å²) in [6, 6.07) is 13.2. The van der Waals surface area contributed by atoms with E-state index in [9.17, 15) is 14.4 Å². The van der Waals surface area contributed by atoms with E-state index < -0.39 is 0 Å². The van der Waals surface area contributed by atoms with Gasteiger partial charge < -0.3 is 9.47 Å². The van der Waals surface area contributed by atoms with Crippen LogP contribution in [-0.2, 0) is 13.5 Å². The van der Waals surface area contributed by atoms with Gasteiger partial charge in [0.05, 0.1) is 21.3 Å². The number of carbonyl (C=O) groups excluding carboxylic acids is 2. The Kier molecular flexibility index (Phi) is 5.83. The van der Waals surface area contributed by atoms with Crippen LogP contribution in [-0.4, -0.2) is 52.9 Å². The molecular formula is C23H25N3O3S. The molecule has 0 aliphatic carbocycles. The molecule has 7 heteroatoms. The molecule has 0 bridgehead atoms. The predicted molar refractivity (Wildman–Crippen MR) is 119 cm³/mol. The maximum absolute atomic E-state index is 12.4. The lowest BCUT2D eigenvalue weighted by molar-refractivity contribution is 0.0648. The van der Waals surface area contributed by atoms with E-state index in [1.165, 1.54) is 21.8 Å². The number of carbonyl (C=O) groups is 2. The van der Waals surface area contributed by atoms with Crippen LogP contribution in [0.2, 0.25) is 0 Å². The van der Waals surface area contributed by atoms with E-state index in [0.29, 0.717) is 17.7 Å².